The second-order valence-electron chi connectivity index (χ2n) is 4.98. The van der Waals surface area contributed by atoms with E-state index in [2.05, 4.69) is 0 Å². The molecule has 1 N–H and O–H groups in total. The zero-order valence-corrected chi connectivity index (χ0v) is 12.1. The Hall–Kier alpha value is -1.69. The van der Waals surface area contributed by atoms with Crippen LogP contribution >= 0.6 is 0 Å². The third-order valence-corrected chi connectivity index (χ3v) is 3.84. The maximum absolute atomic E-state index is 12.4. The fraction of sp³-hybridized carbons (Fsp3) is 0.429. The van der Waals surface area contributed by atoms with E-state index in [9.17, 15) is 13.8 Å². The number of hydrogen-bond acceptors (Lipinski definition) is 3. The normalized spacial score (nSPS) is 15.7. The number of nitrogens with zero attached hydrogens (tertiary/aromatic N) is 1. The van der Waals surface area contributed by atoms with Crippen LogP contribution in [0.3, 0.4) is 0 Å². The van der Waals surface area contributed by atoms with Crippen molar-refractivity contribution in [3.63, 3.8) is 0 Å². The van der Waals surface area contributed by atoms with E-state index in [4.69, 9.17) is 5.11 Å². The Morgan fingerprint density at radius 2 is 2.10 bits per heavy atom. The highest BCUT2D eigenvalue weighted by atomic mass is 32.2. The number of aliphatic carboxylic acids is 1. The number of hydrogen-bond donors (Lipinski definition) is 1. The summed E-state index contributed by atoms with van der Waals surface area (Å²) >= 11 is 0. The lowest BCUT2D eigenvalue weighted by molar-refractivity contribution is -0.137. The summed E-state index contributed by atoms with van der Waals surface area (Å²) in [6.07, 6.45) is 3.32. The minimum atomic E-state index is -1.00. The Labute approximate surface area is 120 Å². The Morgan fingerprint density at radius 3 is 2.65 bits per heavy atom. The zero-order chi connectivity index (χ0) is 14.7. The number of carbonyl (C=O) groups is 2. The number of carbonyl (C=O) groups excluding carboxylic acids is 1. The average Bonchev–Trinajstić information content (AvgIpc) is 3.18. The fourth-order valence-corrected chi connectivity index (χ4v) is 2.74. The van der Waals surface area contributed by atoms with Gasteiger partial charge in [-0.25, -0.2) is 0 Å². The van der Waals surface area contributed by atoms with Gasteiger partial charge >= 0.3 is 5.97 Å². The highest BCUT2D eigenvalue weighted by molar-refractivity contribution is 7.83. The van der Waals surface area contributed by atoms with Crippen molar-refractivity contribution in [2.45, 2.75) is 24.6 Å². The molecule has 1 aliphatic rings. The van der Waals surface area contributed by atoms with Crippen molar-refractivity contribution in [2.75, 3.05) is 12.8 Å². The van der Waals surface area contributed by atoms with Gasteiger partial charge in [-0.1, -0.05) is 12.1 Å². The molecule has 6 heteroatoms. The van der Waals surface area contributed by atoms with Gasteiger partial charge in [-0.2, -0.15) is 0 Å². The maximum atomic E-state index is 12.4. The standard InChI is InChI=1S/C14H17NO4S/c1-20(19)9-10-3-2-4-11(7-10)14(18)15(8-13(16)17)12-5-6-12/h2-4,7,12H,5-6,8-9H2,1H3,(H,16,17). The molecule has 0 radical (unpaired) electrons. The molecule has 0 saturated heterocycles. The van der Waals surface area contributed by atoms with Gasteiger partial charge in [-0.15, -0.1) is 0 Å². The molecule has 1 saturated carbocycles. The Kier molecular flexibility index (Phi) is 4.54. The largest absolute Gasteiger partial charge is 0.480 e. The molecule has 1 fully saturated rings. The molecule has 1 aromatic rings. The summed E-state index contributed by atoms with van der Waals surface area (Å²) in [5.74, 6) is -0.876. The minimum absolute atomic E-state index is 0.0440. The van der Waals surface area contributed by atoms with Gasteiger partial charge in [0.25, 0.3) is 5.91 Å². The van der Waals surface area contributed by atoms with E-state index in [0.717, 1.165) is 18.4 Å². The summed E-state index contributed by atoms with van der Waals surface area (Å²) in [6, 6.07) is 6.96. The quantitative estimate of drug-likeness (QED) is 0.857. The van der Waals surface area contributed by atoms with E-state index < -0.39 is 16.8 Å². The van der Waals surface area contributed by atoms with Crippen molar-refractivity contribution in [3.05, 3.63) is 35.4 Å². The van der Waals surface area contributed by atoms with Crippen molar-refractivity contribution < 1.29 is 18.9 Å². The van der Waals surface area contributed by atoms with Gasteiger partial charge in [0, 0.05) is 34.4 Å². The molecular formula is C14H17NO4S. The lowest BCUT2D eigenvalue weighted by Crippen LogP contribution is -2.37. The Bertz CT molecular complexity index is 554. The predicted octanol–water partition coefficient (Wildman–Crippen LogP) is 1.25. The van der Waals surface area contributed by atoms with Gasteiger partial charge < -0.3 is 10.0 Å². The number of carboxylic acids is 1. The fourth-order valence-electron chi connectivity index (χ4n) is 2.09. The second kappa shape index (κ2) is 6.17. The number of rotatable bonds is 6. The third kappa shape index (κ3) is 3.90. The van der Waals surface area contributed by atoms with Crippen LogP contribution in [0, 0.1) is 0 Å². The van der Waals surface area contributed by atoms with Crippen LogP contribution < -0.4 is 0 Å². The molecule has 1 aromatic carbocycles. The molecule has 20 heavy (non-hydrogen) atoms. The number of carboxylic acid groups (broad SMARTS) is 1. The van der Waals surface area contributed by atoms with E-state index in [1.807, 2.05) is 6.07 Å². The van der Waals surface area contributed by atoms with Crippen molar-refractivity contribution in [1.82, 2.24) is 4.90 Å². The summed E-state index contributed by atoms with van der Waals surface area (Å²) in [6.45, 7) is -0.270. The lowest BCUT2D eigenvalue weighted by Gasteiger charge is -2.20. The number of benzene rings is 1. The first-order valence-corrected chi connectivity index (χ1v) is 8.12. The predicted molar refractivity (Wildman–Crippen MR) is 75.9 cm³/mol. The minimum Gasteiger partial charge on any atom is -0.480 e. The van der Waals surface area contributed by atoms with Crippen LogP contribution in [0.2, 0.25) is 0 Å². The SMILES string of the molecule is CS(=O)Cc1cccc(C(=O)N(CC(=O)O)C2CC2)c1. The zero-order valence-electron chi connectivity index (χ0n) is 11.2. The molecule has 1 aliphatic carbocycles. The Morgan fingerprint density at radius 1 is 1.40 bits per heavy atom. The topological polar surface area (TPSA) is 74.7 Å². The maximum Gasteiger partial charge on any atom is 0.323 e. The lowest BCUT2D eigenvalue weighted by atomic mass is 10.1. The smallest absolute Gasteiger partial charge is 0.323 e. The molecular weight excluding hydrogens is 278 g/mol. The van der Waals surface area contributed by atoms with Crippen LogP contribution in [-0.2, 0) is 21.3 Å². The van der Waals surface area contributed by atoms with Gasteiger partial charge in [0.2, 0.25) is 0 Å². The van der Waals surface area contributed by atoms with E-state index >= 15 is 0 Å². The average molecular weight is 295 g/mol. The Balaban J connectivity index is 2.18. The molecule has 0 heterocycles. The molecule has 0 bridgehead atoms. The van der Waals surface area contributed by atoms with Crippen LogP contribution in [-0.4, -0.2) is 44.9 Å². The molecule has 0 aliphatic heterocycles. The van der Waals surface area contributed by atoms with Crippen molar-refractivity contribution in [3.8, 4) is 0 Å². The van der Waals surface area contributed by atoms with Gasteiger partial charge in [0.05, 0.1) is 0 Å². The summed E-state index contributed by atoms with van der Waals surface area (Å²) < 4.78 is 11.2. The van der Waals surface area contributed by atoms with Crippen LogP contribution in [0.15, 0.2) is 24.3 Å². The molecule has 0 spiro atoms. The van der Waals surface area contributed by atoms with Crippen LogP contribution in [0.5, 0.6) is 0 Å². The van der Waals surface area contributed by atoms with E-state index in [0.29, 0.717) is 11.3 Å². The highest BCUT2D eigenvalue weighted by Crippen LogP contribution is 2.28. The van der Waals surface area contributed by atoms with Gasteiger partial charge in [0.15, 0.2) is 0 Å². The van der Waals surface area contributed by atoms with E-state index in [1.165, 1.54) is 4.90 Å². The first kappa shape index (κ1) is 14.7. The molecule has 1 unspecified atom stereocenters. The summed E-state index contributed by atoms with van der Waals surface area (Å²) in [5.41, 5.74) is 1.28. The van der Waals surface area contributed by atoms with E-state index in [-0.39, 0.29) is 18.5 Å². The summed E-state index contributed by atoms with van der Waals surface area (Å²) in [5, 5.41) is 8.90. The van der Waals surface area contributed by atoms with Crippen LogP contribution in [0.25, 0.3) is 0 Å². The molecule has 1 amide bonds. The van der Waals surface area contributed by atoms with Gasteiger partial charge in [0.1, 0.15) is 6.54 Å². The van der Waals surface area contributed by atoms with Crippen molar-refractivity contribution in [2.24, 2.45) is 0 Å². The van der Waals surface area contributed by atoms with Gasteiger partial charge in [-0.3, -0.25) is 13.8 Å². The molecule has 1 atom stereocenters. The summed E-state index contributed by atoms with van der Waals surface area (Å²) in [4.78, 5) is 24.6. The van der Waals surface area contributed by atoms with E-state index in [1.54, 1.807) is 24.5 Å². The van der Waals surface area contributed by atoms with Crippen LogP contribution in [0.1, 0.15) is 28.8 Å². The number of amides is 1. The first-order valence-electron chi connectivity index (χ1n) is 6.39. The van der Waals surface area contributed by atoms with Crippen molar-refractivity contribution in [1.29, 1.82) is 0 Å². The molecule has 0 aromatic heterocycles. The first-order chi connectivity index (χ1) is 9.47. The molecule has 2 rings (SSSR count). The highest BCUT2D eigenvalue weighted by Gasteiger charge is 2.34. The third-order valence-electron chi connectivity index (χ3n) is 3.10. The van der Waals surface area contributed by atoms with Crippen LogP contribution in [0.4, 0.5) is 0 Å². The monoisotopic (exact) mass is 295 g/mol. The van der Waals surface area contributed by atoms with Gasteiger partial charge in [-0.05, 0) is 30.5 Å². The summed E-state index contributed by atoms with van der Waals surface area (Å²) in [7, 11) is -0.973. The molecule has 108 valence electrons. The second-order valence-corrected chi connectivity index (χ2v) is 6.41. The molecule has 5 nitrogen and oxygen atoms in total. The van der Waals surface area contributed by atoms with Crippen molar-refractivity contribution >= 4 is 22.7 Å².